The van der Waals surface area contributed by atoms with E-state index >= 15 is 0 Å². The fourth-order valence-electron chi connectivity index (χ4n) is 2.58. The van der Waals surface area contributed by atoms with E-state index < -0.39 is 0 Å². The van der Waals surface area contributed by atoms with Gasteiger partial charge in [-0.3, -0.25) is 14.2 Å². The van der Waals surface area contributed by atoms with Gasteiger partial charge in [0.2, 0.25) is 5.91 Å². The highest BCUT2D eigenvalue weighted by Crippen LogP contribution is 2.23. The minimum atomic E-state index is -0.310. The molecule has 2 aromatic rings. The van der Waals surface area contributed by atoms with Crippen LogP contribution in [0, 0.1) is 0 Å². The number of aromatic nitrogens is 2. The van der Waals surface area contributed by atoms with E-state index in [9.17, 15) is 9.59 Å². The lowest BCUT2D eigenvalue weighted by molar-refractivity contribution is -0.120. The average Bonchev–Trinajstić information content (AvgIpc) is 2.61. The normalized spacial score (nSPS) is 12.5. The summed E-state index contributed by atoms with van der Waals surface area (Å²) in [5.41, 5.74) is 0.628. The first-order chi connectivity index (χ1) is 12.4. The second-order valence-electron chi connectivity index (χ2n) is 6.58. The number of hydrogen-bond acceptors (Lipinski definition) is 5. The molecule has 0 fully saturated rings. The van der Waals surface area contributed by atoms with Crippen molar-refractivity contribution >= 4 is 28.6 Å². The Morgan fingerprint density at radius 3 is 2.77 bits per heavy atom. The van der Waals surface area contributed by atoms with Gasteiger partial charge in [-0.2, -0.15) is 0 Å². The number of amides is 1. The summed E-state index contributed by atoms with van der Waals surface area (Å²) in [4.78, 5) is 31.9. The highest BCUT2D eigenvalue weighted by Gasteiger charge is 2.19. The van der Waals surface area contributed by atoms with Crippen LogP contribution in [0.3, 0.4) is 0 Å². The molecule has 0 spiro atoms. The molecule has 0 radical (unpaired) electrons. The van der Waals surface area contributed by atoms with Gasteiger partial charge in [-0.05, 0) is 52.5 Å². The second kappa shape index (κ2) is 9.73. The molecule has 1 heterocycles. The van der Waals surface area contributed by atoms with E-state index in [-0.39, 0.29) is 16.7 Å². The highest BCUT2D eigenvalue weighted by molar-refractivity contribution is 8.00. The molecule has 6 nitrogen and oxygen atoms in total. The lowest BCUT2D eigenvalue weighted by atomic mass is 10.2. The first kappa shape index (κ1) is 20.5. The maximum absolute atomic E-state index is 12.9. The third-order valence-corrected chi connectivity index (χ3v) is 5.10. The van der Waals surface area contributed by atoms with Crippen molar-refractivity contribution in [2.75, 3.05) is 27.2 Å². The molecule has 0 aliphatic heterocycles. The standard InChI is InChI=1S/C19H28N4O2S/c1-5-11-20-17(24)14(2)26-19-21-16-10-7-6-9-15(16)18(25)23(19)13-8-12-22(3)4/h6-7,9-10,14H,5,8,11-13H2,1-4H3,(H,20,24)/t14-/m0/s1. The van der Waals surface area contributed by atoms with Crippen LogP contribution in [-0.2, 0) is 11.3 Å². The number of carbonyl (C=O) groups is 1. The van der Waals surface area contributed by atoms with E-state index in [0.29, 0.717) is 29.1 Å². The second-order valence-corrected chi connectivity index (χ2v) is 7.88. The van der Waals surface area contributed by atoms with Crippen molar-refractivity contribution in [3.63, 3.8) is 0 Å². The lowest BCUT2D eigenvalue weighted by Gasteiger charge is -2.17. The van der Waals surface area contributed by atoms with Gasteiger partial charge in [0.1, 0.15) is 0 Å². The first-order valence-electron chi connectivity index (χ1n) is 9.02. The maximum atomic E-state index is 12.9. The van der Waals surface area contributed by atoms with Crippen LogP contribution in [0.1, 0.15) is 26.7 Å². The predicted molar refractivity (Wildman–Crippen MR) is 108 cm³/mol. The zero-order valence-electron chi connectivity index (χ0n) is 16.0. The molecule has 142 valence electrons. The molecule has 1 aromatic carbocycles. The van der Waals surface area contributed by atoms with Crippen molar-refractivity contribution in [3.8, 4) is 0 Å². The van der Waals surface area contributed by atoms with Crippen LogP contribution in [0.25, 0.3) is 10.9 Å². The number of nitrogens with one attached hydrogen (secondary N) is 1. The number of para-hydroxylation sites is 1. The zero-order chi connectivity index (χ0) is 19.1. The third kappa shape index (κ3) is 5.32. The van der Waals surface area contributed by atoms with Gasteiger partial charge in [0, 0.05) is 13.1 Å². The SMILES string of the molecule is CCCNC(=O)[C@H](C)Sc1nc2ccccc2c(=O)n1CCCN(C)C. The topological polar surface area (TPSA) is 67.2 Å². The van der Waals surface area contributed by atoms with E-state index in [4.69, 9.17) is 0 Å². The first-order valence-corrected chi connectivity index (χ1v) is 9.90. The van der Waals surface area contributed by atoms with Crippen molar-refractivity contribution in [3.05, 3.63) is 34.6 Å². The lowest BCUT2D eigenvalue weighted by Crippen LogP contribution is -2.32. The number of benzene rings is 1. The summed E-state index contributed by atoms with van der Waals surface area (Å²) in [6.07, 6.45) is 1.74. The molecule has 0 aliphatic rings. The molecule has 26 heavy (non-hydrogen) atoms. The van der Waals surface area contributed by atoms with Crippen LogP contribution in [0.15, 0.2) is 34.2 Å². The van der Waals surface area contributed by atoms with Gasteiger partial charge in [0.25, 0.3) is 5.56 Å². The minimum absolute atomic E-state index is 0.0286. The molecule has 1 amide bonds. The van der Waals surface area contributed by atoms with Crippen LogP contribution >= 0.6 is 11.8 Å². The van der Waals surface area contributed by atoms with Crippen LogP contribution < -0.4 is 10.9 Å². The summed E-state index contributed by atoms with van der Waals surface area (Å²) in [6, 6.07) is 7.37. The number of nitrogens with zero attached hydrogens (tertiary/aromatic N) is 3. The van der Waals surface area contributed by atoms with Crippen LogP contribution in [0.2, 0.25) is 0 Å². The van der Waals surface area contributed by atoms with Gasteiger partial charge < -0.3 is 10.2 Å². The molecule has 0 saturated heterocycles. The van der Waals surface area contributed by atoms with E-state index in [2.05, 4.69) is 15.2 Å². The largest absolute Gasteiger partial charge is 0.355 e. The summed E-state index contributed by atoms with van der Waals surface area (Å²) in [5.74, 6) is -0.0286. The summed E-state index contributed by atoms with van der Waals surface area (Å²) >= 11 is 1.34. The predicted octanol–water partition coefficient (Wildman–Crippen LogP) is 2.36. The molecule has 1 aromatic heterocycles. The molecule has 7 heteroatoms. The number of thioether (sulfide) groups is 1. The van der Waals surface area contributed by atoms with Crippen molar-refractivity contribution in [1.29, 1.82) is 0 Å². The van der Waals surface area contributed by atoms with Crippen LogP contribution in [-0.4, -0.2) is 52.8 Å². The van der Waals surface area contributed by atoms with E-state index in [1.807, 2.05) is 46.1 Å². The summed E-state index contributed by atoms with van der Waals surface area (Å²) in [6.45, 7) is 5.99. The molecular weight excluding hydrogens is 348 g/mol. The van der Waals surface area contributed by atoms with Gasteiger partial charge >= 0.3 is 0 Å². The Kier molecular flexibility index (Phi) is 7.66. The minimum Gasteiger partial charge on any atom is -0.355 e. The van der Waals surface area contributed by atoms with Crippen molar-refractivity contribution in [1.82, 2.24) is 19.8 Å². The third-order valence-electron chi connectivity index (χ3n) is 4.01. The number of hydrogen-bond donors (Lipinski definition) is 1. The molecule has 0 saturated carbocycles. The smallest absolute Gasteiger partial charge is 0.262 e. The Morgan fingerprint density at radius 2 is 2.08 bits per heavy atom. The fraction of sp³-hybridized carbons (Fsp3) is 0.526. The molecule has 2 rings (SSSR count). The van der Waals surface area contributed by atoms with Crippen molar-refractivity contribution in [2.45, 2.75) is 43.6 Å². The van der Waals surface area contributed by atoms with Gasteiger partial charge in [-0.25, -0.2) is 4.98 Å². The molecule has 0 unspecified atom stereocenters. The Morgan fingerprint density at radius 1 is 1.35 bits per heavy atom. The maximum Gasteiger partial charge on any atom is 0.262 e. The van der Waals surface area contributed by atoms with Gasteiger partial charge in [-0.15, -0.1) is 0 Å². The van der Waals surface area contributed by atoms with E-state index in [1.165, 1.54) is 11.8 Å². The molecule has 1 atom stereocenters. The Bertz CT molecular complexity index is 804. The Labute approximate surface area is 159 Å². The number of carbonyl (C=O) groups excluding carboxylic acids is 1. The van der Waals surface area contributed by atoms with Crippen molar-refractivity contribution in [2.24, 2.45) is 0 Å². The quantitative estimate of drug-likeness (QED) is 0.537. The average molecular weight is 377 g/mol. The number of rotatable bonds is 9. The van der Waals surface area contributed by atoms with Gasteiger partial charge in [0.05, 0.1) is 16.2 Å². The zero-order valence-corrected chi connectivity index (χ0v) is 16.8. The molecule has 1 N–H and O–H groups in total. The summed E-state index contributed by atoms with van der Waals surface area (Å²) in [5, 5.41) is 3.81. The number of fused-ring (bicyclic) bond motifs is 1. The monoisotopic (exact) mass is 376 g/mol. The van der Waals surface area contributed by atoms with Crippen molar-refractivity contribution < 1.29 is 4.79 Å². The van der Waals surface area contributed by atoms with Crippen LogP contribution in [0.5, 0.6) is 0 Å². The fourth-order valence-corrected chi connectivity index (χ4v) is 3.54. The summed E-state index contributed by atoms with van der Waals surface area (Å²) in [7, 11) is 4.02. The van der Waals surface area contributed by atoms with Crippen LogP contribution in [0.4, 0.5) is 0 Å². The molecular formula is C19H28N4O2S. The Hall–Kier alpha value is -1.86. The molecule has 0 aliphatic carbocycles. The van der Waals surface area contributed by atoms with Gasteiger partial charge in [-0.1, -0.05) is 30.8 Å². The van der Waals surface area contributed by atoms with E-state index in [0.717, 1.165) is 19.4 Å². The molecule has 0 bridgehead atoms. The summed E-state index contributed by atoms with van der Waals surface area (Å²) < 4.78 is 1.71. The Balaban J connectivity index is 2.32. The highest BCUT2D eigenvalue weighted by atomic mass is 32.2. The van der Waals surface area contributed by atoms with E-state index in [1.54, 1.807) is 10.6 Å². The van der Waals surface area contributed by atoms with Gasteiger partial charge in [0.15, 0.2) is 5.16 Å².